The molecule has 0 aromatic carbocycles. The quantitative estimate of drug-likeness (QED) is 0.904. The van der Waals surface area contributed by atoms with Crippen molar-refractivity contribution in [3.8, 4) is 0 Å². The Labute approximate surface area is 128 Å². The van der Waals surface area contributed by atoms with E-state index >= 15 is 0 Å². The summed E-state index contributed by atoms with van der Waals surface area (Å²) in [4.78, 5) is 12.7. The van der Waals surface area contributed by atoms with Crippen LogP contribution in [0.2, 0.25) is 0 Å². The van der Waals surface area contributed by atoms with Crippen molar-refractivity contribution in [2.45, 2.75) is 58.4 Å². The van der Waals surface area contributed by atoms with Gasteiger partial charge in [0.05, 0.1) is 11.7 Å². The van der Waals surface area contributed by atoms with E-state index in [9.17, 15) is 9.90 Å². The van der Waals surface area contributed by atoms with Crippen molar-refractivity contribution in [1.82, 2.24) is 9.78 Å². The number of hydrogen-bond donors (Lipinski definition) is 1. The molecule has 0 spiro atoms. The van der Waals surface area contributed by atoms with E-state index in [1.165, 1.54) is 30.6 Å². The van der Waals surface area contributed by atoms with Gasteiger partial charge in [0.2, 0.25) is 0 Å². The first kappa shape index (κ1) is 14.6. The van der Waals surface area contributed by atoms with Crippen LogP contribution in [0.3, 0.4) is 0 Å². The number of thiophene rings is 1. The van der Waals surface area contributed by atoms with E-state index in [0.717, 1.165) is 35.2 Å². The predicted molar refractivity (Wildman–Crippen MR) is 85.2 cm³/mol. The Morgan fingerprint density at radius 2 is 2.14 bits per heavy atom. The first-order valence-corrected chi connectivity index (χ1v) is 8.62. The van der Waals surface area contributed by atoms with Gasteiger partial charge in [-0.25, -0.2) is 4.79 Å². The zero-order valence-electron chi connectivity index (χ0n) is 12.6. The molecule has 1 aliphatic rings. The van der Waals surface area contributed by atoms with Gasteiger partial charge in [0, 0.05) is 5.39 Å². The van der Waals surface area contributed by atoms with Crippen molar-refractivity contribution in [3.05, 3.63) is 16.6 Å². The van der Waals surface area contributed by atoms with E-state index in [-0.39, 0.29) is 0 Å². The van der Waals surface area contributed by atoms with Crippen LogP contribution in [0.25, 0.3) is 10.2 Å². The summed E-state index contributed by atoms with van der Waals surface area (Å²) in [6.07, 6.45) is 7.05. The molecule has 114 valence electrons. The monoisotopic (exact) mass is 306 g/mol. The van der Waals surface area contributed by atoms with Crippen LogP contribution in [-0.4, -0.2) is 20.9 Å². The first-order valence-electron chi connectivity index (χ1n) is 7.80. The molecule has 1 aliphatic carbocycles. The Balaban J connectivity index is 2.07. The fraction of sp³-hybridized carbons (Fsp3) is 0.625. The second-order valence-electron chi connectivity index (χ2n) is 6.42. The summed E-state index contributed by atoms with van der Waals surface area (Å²) in [7, 11) is 0. The second kappa shape index (κ2) is 5.79. The molecule has 4 nitrogen and oxygen atoms in total. The maximum absolute atomic E-state index is 11.3. The highest BCUT2D eigenvalue weighted by molar-refractivity contribution is 7.20. The number of aromatic carboxylic acids is 1. The topological polar surface area (TPSA) is 55.1 Å². The van der Waals surface area contributed by atoms with Crippen molar-refractivity contribution < 1.29 is 9.90 Å². The predicted octanol–water partition coefficient (Wildman–Crippen LogP) is 4.50. The van der Waals surface area contributed by atoms with Gasteiger partial charge < -0.3 is 5.11 Å². The van der Waals surface area contributed by atoms with Crippen LogP contribution in [0, 0.1) is 5.92 Å². The smallest absolute Gasteiger partial charge is 0.345 e. The molecule has 2 heterocycles. The molecule has 21 heavy (non-hydrogen) atoms. The first-order chi connectivity index (χ1) is 10.1. The molecule has 1 N–H and O–H groups in total. The van der Waals surface area contributed by atoms with Gasteiger partial charge in [-0.05, 0) is 31.2 Å². The standard InChI is InChI=1S/C16H22N2O2S/c1-10(2)8-13-12-9-14(16(19)20)21-15(12)18(17-13)11-6-4-3-5-7-11/h9-11H,3-8H2,1-2H3,(H,19,20). The number of nitrogens with zero attached hydrogens (tertiary/aromatic N) is 2. The molecule has 2 aromatic heterocycles. The van der Waals surface area contributed by atoms with E-state index in [1.807, 2.05) is 6.07 Å². The van der Waals surface area contributed by atoms with Gasteiger partial charge in [0.1, 0.15) is 9.71 Å². The maximum Gasteiger partial charge on any atom is 0.345 e. The van der Waals surface area contributed by atoms with E-state index in [4.69, 9.17) is 5.10 Å². The molecule has 0 amide bonds. The minimum Gasteiger partial charge on any atom is -0.477 e. The number of rotatable bonds is 4. The van der Waals surface area contributed by atoms with Gasteiger partial charge >= 0.3 is 5.97 Å². The Kier molecular flexibility index (Phi) is 4.02. The average molecular weight is 306 g/mol. The Bertz CT molecular complexity index is 651. The lowest BCUT2D eigenvalue weighted by atomic mass is 9.96. The summed E-state index contributed by atoms with van der Waals surface area (Å²) in [6.45, 7) is 4.35. The molecule has 0 radical (unpaired) electrons. The van der Waals surface area contributed by atoms with Crippen LogP contribution >= 0.6 is 11.3 Å². The summed E-state index contributed by atoms with van der Waals surface area (Å²) in [5.74, 6) is -0.307. The zero-order valence-corrected chi connectivity index (χ0v) is 13.4. The molecule has 0 bridgehead atoms. The molecular weight excluding hydrogens is 284 g/mol. The summed E-state index contributed by atoms with van der Waals surface area (Å²) >= 11 is 1.37. The molecule has 0 aliphatic heterocycles. The summed E-state index contributed by atoms with van der Waals surface area (Å²) in [6, 6.07) is 2.26. The van der Waals surface area contributed by atoms with Gasteiger partial charge in [-0.3, -0.25) is 4.68 Å². The largest absolute Gasteiger partial charge is 0.477 e. The minimum atomic E-state index is -0.832. The zero-order chi connectivity index (χ0) is 15.0. The number of carboxylic acids is 1. The molecule has 0 unspecified atom stereocenters. The van der Waals surface area contributed by atoms with Crippen molar-refractivity contribution in [3.63, 3.8) is 0 Å². The molecule has 5 heteroatoms. The van der Waals surface area contributed by atoms with Crippen LogP contribution in [-0.2, 0) is 6.42 Å². The van der Waals surface area contributed by atoms with Crippen LogP contribution in [0.4, 0.5) is 0 Å². The van der Waals surface area contributed by atoms with E-state index in [2.05, 4.69) is 18.5 Å². The van der Waals surface area contributed by atoms with Crippen LogP contribution in [0.1, 0.15) is 67.4 Å². The number of fused-ring (bicyclic) bond motifs is 1. The lowest BCUT2D eigenvalue weighted by Crippen LogP contribution is -2.14. The number of aromatic nitrogens is 2. The highest BCUT2D eigenvalue weighted by Crippen LogP contribution is 2.36. The van der Waals surface area contributed by atoms with Crippen molar-refractivity contribution >= 4 is 27.5 Å². The fourth-order valence-corrected chi connectivity index (χ4v) is 4.25. The summed E-state index contributed by atoms with van der Waals surface area (Å²) in [5, 5.41) is 15.2. The minimum absolute atomic E-state index is 0.428. The average Bonchev–Trinajstić information content (AvgIpc) is 3.00. The fourth-order valence-electron chi connectivity index (χ4n) is 3.20. The van der Waals surface area contributed by atoms with Crippen molar-refractivity contribution in [2.24, 2.45) is 5.92 Å². The maximum atomic E-state index is 11.3. The molecular formula is C16H22N2O2S. The molecule has 2 aromatic rings. The normalized spacial score (nSPS) is 16.9. The molecule has 3 rings (SSSR count). The third-order valence-electron chi connectivity index (χ3n) is 4.19. The highest BCUT2D eigenvalue weighted by atomic mass is 32.1. The van der Waals surface area contributed by atoms with E-state index in [1.54, 1.807) is 0 Å². The Hall–Kier alpha value is -1.36. The Morgan fingerprint density at radius 3 is 2.76 bits per heavy atom. The summed E-state index contributed by atoms with van der Waals surface area (Å²) < 4.78 is 2.13. The van der Waals surface area contributed by atoms with Gasteiger partial charge in [0.15, 0.2) is 0 Å². The van der Waals surface area contributed by atoms with Crippen LogP contribution in [0.5, 0.6) is 0 Å². The van der Waals surface area contributed by atoms with Gasteiger partial charge in [-0.1, -0.05) is 33.1 Å². The SMILES string of the molecule is CC(C)Cc1nn(C2CCCCC2)c2sc(C(=O)O)cc12. The van der Waals surface area contributed by atoms with E-state index < -0.39 is 5.97 Å². The highest BCUT2D eigenvalue weighted by Gasteiger charge is 2.23. The third-order valence-corrected chi connectivity index (χ3v) is 5.31. The molecule has 0 saturated heterocycles. The van der Waals surface area contributed by atoms with Crippen molar-refractivity contribution in [1.29, 1.82) is 0 Å². The third kappa shape index (κ3) is 2.84. The summed E-state index contributed by atoms with van der Waals surface area (Å²) in [5.41, 5.74) is 1.06. The lowest BCUT2D eigenvalue weighted by Gasteiger charge is -2.22. The Morgan fingerprint density at radius 1 is 1.43 bits per heavy atom. The molecule has 1 fully saturated rings. The number of carboxylic acid groups (broad SMARTS) is 1. The van der Waals surface area contributed by atoms with E-state index in [0.29, 0.717) is 16.8 Å². The molecule has 0 atom stereocenters. The number of carbonyl (C=O) groups is 1. The molecule has 1 saturated carbocycles. The number of hydrogen-bond acceptors (Lipinski definition) is 3. The van der Waals surface area contributed by atoms with Crippen LogP contribution in [0.15, 0.2) is 6.07 Å². The lowest BCUT2D eigenvalue weighted by molar-refractivity contribution is 0.0702. The van der Waals surface area contributed by atoms with Crippen molar-refractivity contribution in [2.75, 3.05) is 0 Å². The van der Waals surface area contributed by atoms with Crippen LogP contribution < -0.4 is 0 Å². The van der Waals surface area contributed by atoms with Gasteiger partial charge in [0.25, 0.3) is 0 Å². The van der Waals surface area contributed by atoms with Gasteiger partial charge in [-0.15, -0.1) is 11.3 Å². The second-order valence-corrected chi connectivity index (χ2v) is 7.45. The van der Waals surface area contributed by atoms with Gasteiger partial charge in [-0.2, -0.15) is 5.10 Å².